The molecular weight excluding hydrogens is 377 g/mol. The third kappa shape index (κ3) is 3.04. The van der Waals surface area contributed by atoms with Crippen molar-refractivity contribution in [3.8, 4) is 0 Å². The van der Waals surface area contributed by atoms with Crippen molar-refractivity contribution >= 4 is 37.5 Å². The second-order valence-corrected chi connectivity index (χ2v) is 6.70. The largest absolute Gasteiger partial charge is 0.416 e. The highest BCUT2D eigenvalue weighted by Gasteiger charge is 2.31. The van der Waals surface area contributed by atoms with Crippen LogP contribution in [0.25, 0.3) is 21.5 Å². The Hall–Kier alpha value is -1.55. The molecule has 0 atom stereocenters. The minimum absolute atomic E-state index is 0.577. The number of aryl methyl sites for hydroxylation is 2. The van der Waals surface area contributed by atoms with Crippen molar-refractivity contribution in [3.05, 3.63) is 59.2 Å². The maximum atomic E-state index is 13.2. The average Bonchev–Trinajstić information content (AvgIpc) is 2.57. The molecule has 0 N–H and O–H groups in total. The third-order valence-corrected chi connectivity index (χ3v) is 5.05. The van der Waals surface area contributed by atoms with Crippen LogP contribution in [-0.4, -0.2) is 5.33 Å². The molecule has 0 aliphatic carbocycles. The van der Waals surface area contributed by atoms with Gasteiger partial charge in [0.05, 0.1) is 5.56 Å². The summed E-state index contributed by atoms with van der Waals surface area (Å²) in [5.41, 5.74) is 1.56. The van der Waals surface area contributed by atoms with E-state index in [1.54, 1.807) is 6.07 Å². The maximum absolute atomic E-state index is 13.2. The first-order valence-electron chi connectivity index (χ1n) is 8.06. The van der Waals surface area contributed by atoms with Gasteiger partial charge in [0, 0.05) is 5.33 Å². The molecule has 0 aliphatic heterocycles. The highest BCUT2D eigenvalue weighted by Crippen LogP contribution is 2.38. The van der Waals surface area contributed by atoms with E-state index in [1.807, 2.05) is 25.1 Å². The molecule has 0 aliphatic rings. The average molecular weight is 395 g/mol. The number of benzene rings is 3. The van der Waals surface area contributed by atoms with Gasteiger partial charge < -0.3 is 0 Å². The van der Waals surface area contributed by atoms with Crippen molar-refractivity contribution in [2.75, 3.05) is 5.33 Å². The van der Waals surface area contributed by atoms with Crippen LogP contribution in [-0.2, 0) is 19.0 Å². The lowest BCUT2D eigenvalue weighted by Crippen LogP contribution is -2.05. The predicted molar refractivity (Wildman–Crippen MR) is 97.9 cm³/mol. The first kappa shape index (κ1) is 17.3. The van der Waals surface area contributed by atoms with E-state index in [9.17, 15) is 13.2 Å². The zero-order valence-electron chi connectivity index (χ0n) is 13.4. The lowest BCUT2D eigenvalue weighted by atomic mass is 9.88. The number of rotatable bonds is 4. The fourth-order valence-corrected chi connectivity index (χ4v) is 3.71. The molecule has 126 valence electrons. The zero-order valence-corrected chi connectivity index (χ0v) is 15.0. The second kappa shape index (κ2) is 6.75. The quantitative estimate of drug-likeness (QED) is 0.333. The lowest BCUT2D eigenvalue weighted by Gasteiger charge is -2.17. The van der Waals surface area contributed by atoms with Crippen LogP contribution in [0.3, 0.4) is 0 Å². The maximum Gasteiger partial charge on any atom is 0.416 e. The van der Waals surface area contributed by atoms with Gasteiger partial charge in [-0.05, 0) is 64.1 Å². The fraction of sp³-hybridized carbons (Fsp3) is 0.300. The summed E-state index contributed by atoms with van der Waals surface area (Å²) < 4.78 is 39.5. The molecule has 3 rings (SSSR count). The Bertz CT molecular complexity index is 881. The van der Waals surface area contributed by atoms with E-state index in [1.165, 1.54) is 12.1 Å². The highest BCUT2D eigenvalue weighted by atomic mass is 79.9. The van der Waals surface area contributed by atoms with Crippen molar-refractivity contribution in [1.29, 1.82) is 0 Å². The second-order valence-electron chi connectivity index (χ2n) is 5.91. The Labute approximate surface area is 147 Å². The molecular formula is C20H18BrF3. The van der Waals surface area contributed by atoms with E-state index in [4.69, 9.17) is 0 Å². The van der Waals surface area contributed by atoms with E-state index in [2.05, 4.69) is 22.0 Å². The molecule has 0 aromatic heterocycles. The summed E-state index contributed by atoms with van der Waals surface area (Å²) in [5, 5.41) is 4.77. The highest BCUT2D eigenvalue weighted by molar-refractivity contribution is 9.09. The van der Waals surface area contributed by atoms with Gasteiger partial charge in [-0.15, -0.1) is 0 Å². The molecule has 24 heavy (non-hydrogen) atoms. The molecule has 0 fully saturated rings. The van der Waals surface area contributed by atoms with Gasteiger partial charge in [0.1, 0.15) is 0 Å². The van der Waals surface area contributed by atoms with Gasteiger partial charge in [-0.2, -0.15) is 13.2 Å². The Morgan fingerprint density at radius 3 is 2.08 bits per heavy atom. The molecule has 0 bridgehead atoms. The first-order chi connectivity index (χ1) is 11.5. The summed E-state index contributed by atoms with van der Waals surface area (Å²) in [7, 11) is 0. The fourth-order valence-electron chi connectivity index (χ4n) is 3.43. The molecule has 0 saturated heterocycles. The van der Waals surface area contributed by atoms with Crippen LogP contribution in [0.15, 0.2) is 42.5 Å². The van der Waals surface area contributed by atoms with Crippen molar-refractivity contribution in [2.24, 2.45) is 0 Å². The van der Waals surface area contributed by atoms with Crippen molar-refractivity contribution in [3.63, 3.8) is 0 Å². The van der Waals surface area contributed by atoms with Gasteiger partial charge in [-0.3, -0.25) is 0 Å². The number of halogens is 4. The number of alkyl halides is 4. The van der Waals surface area contributed by atoms with Gasteiger partial charge in [0.15, 0.2) is 0 Å². The van der Waals surface area contributed by atoms with Gasteiger partial charge in [0.25, 0.3) is 0 Å². The molecule has 0 heterocycles. The van der Waals surface area contributed by atoms with Crippen molar-refractivity contribution in [1.82, 2.24) is 0 Å². The Balaban J connectivity index is 2.41. The summed E-state index contributed by atoms with van der Waals surface area (Å²) >= 11 is 3.45. The molecule has 0 spiro atoms. The monoisotopic (exact) mass is 394 g/mol. The van der Waals surface area contributed by atoms with Gasteiger partial charge in [-0.25, -0.2) is 0 Å². The zero-order chi connectivity index (χ0) is 17.3. The van der Waals surface area contributed by atoms with E-state index in [-0.39, 0.29) is 0 Å². The topological polar surface area (TPSA) is 0 Å². The lowest BCUT2D eigenvalue weighted by molar-refractivity contribution is -0.137. The molecule has 4 heteroatoms. The Morgan fingerprint density at radius 1 is 0.875 bits per heavy atom. The van der Waals surface area contributed by atoms with Gasteiger partial charge >= 0.3 is 6.18 Å². The van der Waals surface area contributed by atoms with Crippen LogP contribution < -0.4 is 0 Å². The molecule has 0 unspecified atom stereocenters. The molecule has 0 radical (unpaired) electrons. The molecule has 0 saturated carbocycles. The third-order valence-electron chi connectivity index (χ3n) is 4.49. The van der Waals surface area contributed by atoms with E-state index < -0.39 is 11.7 Å². The summed E-state index contributed by atoms with van der Waals surface area (Å²) in [6.45, 7) is 2.00. The van der Waals surface area contributed by atoms with Crippen LogP contribution in [0.2, 0.25) is 0 Å². The predicted octanol–water partition coefficient (Wildman–Crippen LogP) is 6.90. The first-order valence-corrected chi connectivity index (χ1v) is 9.19. The van der Waals surface area contributed by atoms with E-state index in [0.29, 0.717) is 6.42 Å². The molecule has 3 aromatic carbocycles. The SMILES string of the molecule is CCc1c2ccccc2c(CCCBr)c2ccc(C(F)(F)F)cc12. The summed E-state index contributed by atoms with van der Waals surface area (Å²) in [6, 6.07) is 12.2. The standard InChI is InChI=1S/C20H18BrF3/c1-2-14-15-6-3-4-7-16(15)17(8-5-11-21)18-10-9-13(12-19(14)18)20(22,23)24/h3-4,6-7,9-10,12H,2,5,8,11H2,1H3. The number of hydrogen-bond acceptors (Lipinski definition) is 0. The van der Waals surface area contributed by atoms with Crippen molar-refractivity contribution in [2.45, 2.75) is 32.4 Å². The van der Waals surface area contributed by atoms with Crippen LogP contribution in [0.4, 0.5) is 13.2 Å². The minimum Gasteiger partial charge on any atom is -0.166 e. The van der Waals surface area contributed by atoms with E-state index >= 15 is 0 Å². The summed E-state index contributed by atoms with van der Waals surface area (Å²) in [6.07, 6.45) is -1.82. The van der Waals surface area contributed by atoms with Crippen LogP contribution in [0.5, 0.6) is 0 Å². The van der Waals surface area contributed by atoms with Crippen LogP contribution in [0.1, 0.15) is 30.0 Å². The summed E-state index contributed by atoms with van der Waals surface area (Å²) in [4.78, 5) is 0. The minimum atomic E-state index is -4.32. The smallest absolute Gasteiger partial charge is 0.166 e. The van der Waals surface area contributed by atoms with Crippen molar-refractivity contribution < 1.29 is 13.2 Å². The number of fused-ring (bicyclic) bond motifs is 2. The number of hydrogen-bond donors (Lipinski definition) is 0. The molecule has 0 amide bonds. The normalized spacial score (nSPS) is 12.2. The molecule has 3 aromatic rings. The van der Waals surface area contributed by atoms with E-state index in [0.717, 1.165) is 50.8 Å². The summed E-state index contributed by atoms with van der Waals surface area (Å²) in [5.74, 6) is 0. The Kier molecular flexibility index (Phi) is 4.86. The van der Waals surface area contributed by atoms with Crippen LogP contribution in [0, 0.1) is 0 Å². The molecule has 0 nitrogen and oxygen atoms in total. The van der Waals surface area contributed by atoms with Crippen LogP contribution >= 0.6 is 15.9 Å². The van der Waals surface area contributed by atoms with Gasteiger partial charge in [0.2, 0.25) is 0 Å². The Morgan fingerprint density at radius 2 is 1.50 bits per heavy atom. The van der Waals surface area contributed by atoms with Gasteiger partial charge in [-0.1, -0.05) is 53.2 Å².